The maximum atomic E-state index is 11.1. The summed E-state index contributed by atoms with van der Waals surface area (Å²) >= 11 is 0. The van der Waals surface area contributed by atoms with Crippen molar-refractivity contribution in [1.29, 1.82) is 0 Å². The number of likely N-dealkylation sites (tertiary alicyclic amines) is 1. The molecule has 3 atom stereocenters. The highest BCUT2D eigenvalue weighted by Crippen LogP contribution is 2.29. The Balaban J connectivity index is 2.77. The van der Waals surface area contributed by atoms with Crippen LogP contribution in [0.3, 0.4) is 0 Å². The molecule has 13 heavy (non-hydrogen) atoms. The zero-order valence-corrected chi connectivity index (χ0v) is 8.66. The summed E-state index contributed by atoms with van der Waals surface area (Å²) in [6.07, 6.45) is 1.93. The van der Waals surface area contributed by atoms with Crippen molar-refractivity contribution in [1.82, 2.24) is 4.90 Å². The fourth-order valence-electron chi connectivity index (χ4n) is 2.38. The molecule has 76 valence electrons. The molecule has 1 aliphatic rings. The third-order valence-electron chi connectivity index (χ3n) is 3.23. The van der Waals surface area contributed by atoms with Gasteiger partial charge in [-0.3, -0.25) is 4.79 Å². The van der Waals surface area contributed by atoms with Crippen LogP contribution in [-0.2, 0) is 4.79 Å². The lowest BCUT2D eigenvalue weighted by atomic mass is 9.80. The van der Waals surface area contributed by atoms with Crippen LogP contribution in [0.1, 0.15) is 26.7 Å². The van der Waals surface area contributed by atoms with Gasteiger partial charge in [0, 0.05) is 6.04 Å². The van der Waals surface area contributed by atoms with Gasteiger partial charge in [0.15, 0.2) is 0 Å². The topological polar surface area (TPSA) is 40.5 Å². The van der Waals surface area contributed by atoms with Gasteiger partial charge in [0.25, 0.3) is 0 Å². The Morgan fingerprint density at radius 2 is 2.23 bits per heavy atom. The van der Waals surface area contributed by atoms with E-state index >= 15 is 0 Å². The van der Waals surface area contributed by atoms with Gasteiger partial charge in [-0.1, -0.05) is 13.8 Å². The molecule has 1 aliphatic heterocycles. The number of carboxylic acids is 1. The molecule has 1 fully saturated rings. The summed E-state index contributed by atoms with van der Waals surface area (Å²) in [7, 11) is 2.02. The van der Waals surface area contributed by atoms with Crippen LogP contribution in [0.25, 0.3) is 0 Å². The number of hydrogen-bond donors (Lipinski definition) is 1. The van der Waals surface area contributed by atoms with Gasteiger partial charge in [-0.25, -0.2) is 0 Å². The molecule has 0 amide bonds. The zero-order chi connectivity index (χ0) is 10.0. The van der Waals surface area contributed by atoms with Gasteiger partial charge in [0.1, 0.15) is 0 Å². The average molecular weight is 185 g/mol. The minimum Gasteiger partial charge on any atom is -0.481 e. The minimum atomic E-state index is -0.633. The standard InChI is InChI=1S/C10H19NO2/c1-4-8-9(10(12)13)7(2)5-6-11(8)3/h7-9H,4-6H2,1-3H3,(H,12,13). The van der Waals surface area contributed by atoms with E-state index in [1.807, 2.05) is 7.05 Å². The monoisotopic (exact) mass is 185 g/mol. The molecular formula is C10H19NO2. The number of carboxylic acid groups (broad SMARTS) is 1. The Morgan fingerprint density at radius 3 is 2.62 bits per heavy atom. The lowest BCUT2D eigenvalue weighted by molar-refractivity contribution is -0.148. The molecule has 0 aromatic heterocycles. The second-order valence-corrected chi connectivity index (χ2v) is 4.09. The maximum absolute atomic E-state index is 11.1. The number of aliphatic carboxylic acids is 1. The first-order valence-electron chi connectivity index (χ1n) is 5.01. The SMILES string of the molecule is CCC1C(C(=O)O)C(C)CCN1C. The van der Waals surface area contributed by atoms with Gasteiger partial charge in [-0.2, -0.15) is 0 Å². The van der Waals surface area contributed by atoms with Crippen LogP contribution in [0.15, 0.2) is 0 Å². The van der Waals surface area contributed by atoms with Gasteiger partial charge in [-0.15, -0.1) is 0 Å². The zero-order valence-electron chi connectivity index (χ0n) is 8.66. The van der Waals surface area contributed by atoms with Gasteiger partial charge >= 0.3 is 5.97 Å². The molecule has 3 nitrogen and oxygen atoms in total. The third kappa shape index (κ3) is 2.02. The van der Waals surface area contributed by atoms with E-state index in [1.54, 1.807) is 0 Å². The van der Waals surface area contributed by atoms with Crippen molar-refractivity contribution >= 4 is 5.97 Å². The fraction of sp³-hybridized carbons (Fsp3) is 0.900. The highest BCUT2D eigenvalue weighted by atomic mass is 16.4. The molecule has 0 bridgehead atoms. The van der Waals surface area contributed by atoms with E-state index in [9.17, 15) is 4.79 Å². The van der Waals surface area contributed by atoms with Crippen molar-refractivity contribution in [3.05, 3.63) is 0 Å². The molecule has 0 saturated carbocycles. The molecule has 0 spiro atoms. The summed E-state index contributed by atoms with van der Waals surface area (Å²) < 4.78 is 0. The second kappa shape index (κ2) is 4.09. The van der Waals surface area contributed by atoms with Crippen LogP contribution in [0, 0.1) is 11.8 Å². The molecule has 0 aliphatic carbocycles. The smallest absolute Gasteiger partial charge is 0.308 e. The molecule has 1 N–H and O–H groups in total. The molecule has 3 unspecified atom stereocenters. The van der Waals surface area contributed by atoms with E-state index in [2.05, 4.69) is 18.7 Å². The largest absolute Gasteiger partial charge is 0.481 e. The first kappa shape index (κ1) is 10.5. The Hall–Kier alpha value is -0.570. The van der Waals surface area contributed by atoms with E-state index in [4.69, 9.17) is 5.11 Å². The molecule has 0 aromatic carbocycles. The summed E-state index contributed by atoms with van der Waals surface area (Å²) in [6, 6.07) is 0.223. The fourth-order valence-corrected chi connectivity index (χ4v) is 2.38. The predicted octanol–water partition coefficient (Wildman–Crippen LogP) is 1.44. The summed E-state index contributed by atoms with van der Waals surface area (Å²) in [6.45, 7) is 5.15. The van der Waals surface area contributed by atoms with Crippen molar-refractivity contribution < 1.29 is 9.90 Å². The summed E-state index contributed by atoms with van der Waals surface area (Å²) in [5.41, 5.74) is 0. The first-order chi connectivity index (χ1) is 6.07. The number of rotatable bonds is 2. The van der Waals surface area contributed by atoms with Gasteiger partial charge < -0.3 is 10.0 Å². The molecule has 1 saturated heterocycles. The summed E-state index contributed by atoms with van der Waals surface area (Å²) in [4.78, 5) is 13.2. The van der Waals surface area contributed by atoms with Crippen molar-refractivity contribution in [2.24, 2.45) is 11.8 Å². The van der Waals surface area contributed by atoms with Crippen LogP contribution in [0.5, 0.6) is 0 Å². The van der Waals surface area contributed by atoms with Crippen LogP contribution in [-0.4, -0.2) is 35.6 Å². The van der Waals surface area contributed by atoms with E-state index < -0.39 is 5.97 Å². The highest BCUT2D eigenvalue weighted by molar-refractivity contribution is 5.71. The Labute approximate surface area is 79.7 Å². The van der Waals surface area contributed by atoms with Gasteiger partial charge in [-0.05, 0) is 32.4 Å². The number of carbonyl (C=O) groups is 1. The number of piperidine rings is 1. The van der Waals surface area contributed by atoms with Crippen molar-refractivity contribution in [3.8, 4) is 0 Å². The Kier molecular flexibility index (Phi) is 3.31. The molecule has 0 aromatic rings. The van der Waals surface area contributed by atoms with Crippen molar-refractivity contribution in [2.75, 3.05) is 13.6 Å². The lowest BCUT2D eigenvalue weighted by Gasteiger charge is -2.40. The van der Waals surface area contributed by atoms with Crippen molar-refractivity contribution in [2.45, 2.75) is 32.7 Å². The van der Waals surface area contributed by atoms with E-state index in [-0.39, 0.29) is 12.0 Å². The van der Waals surface area contributed by atoms with Crippen LogP contribution in [0.4, 0.5) is 0 Å². The predicted molar refractivity (Wildman–Crippen MR) is 51.6 cm³/mol. The highest BCUT2D eigenvalue weighted by Gasteiger charge is 2.37. The summed E-state index contributed by atoms with van der Waals surface area (Å²) in [5, 5.41) is 9.10. The van der Waals surface area contributed by atoms with Gasteiger partial charge in [0.2, 0.25) is 0 Å². The lowest BCUT2D eigenvalue weighted by Crippen LogP contribution is -2.49. The third-order valence-corrected chi connectivity index (χ3v) is 3.23. The van der Waals surface area contributed by atoms with E-state index in [0.29, 0.717) is 5.92 Å². The summed E-state index contributed by atoms with van der Waals surface area (Å²) in [5.74, 6) is -0.492. The van der Waals surface area contributed by atoms with Gasteiger partial charge in [0.05, 0.1) is 5.92 Å². The van der Waals surface area contributed by atoms with Crippen LogP contribution >= 0.6 is 0 Å². The average Bonchev–Trinajstić information content (AvgIpc) is 2.07. The molecule has 3 heteroatoms. The van der Waals surface area contributed by atoms with E-state index in [0.717, 1.165) is 19.4 Å². The number of hydrogen-bond acceptors (Lipinski definition) is 2. The molecular weight excluding hydrogens is 166 g/mol. The van der Waals surface area contributed by atoms with Crippen LogP contribution in [0.2, 0.25) is 0 Å². The molecule has 1 heterocycles. The quantitative estimate of drug-likeness (QED) is 0.707. The molecule has 0 radical (unpaired) electrons. The Morgan fingerprint density at radius 1 is 1.62 bits per heavy atom. The Bertz CT molecular complexity index is 193. The number of nitrogens with zero attached hydrogens (tertiary/aromatic N) is 1. The minimum absolute atomic E-state index is 0.177. The van der Waals surface area contributed by atoms with Crippen molar-refractivity contribution in [3.63, 3.8) is 0 Å². The molecule has 1 rings (SSSR count). The normalized spacial score (nSPS) is 36.1. The van der Waals surface area contributed by atoms with E-state index in [1.165, 1.54) is 0 Å². The van der Waals surface area contributed by atoms with Crippen LogP contribution < -0.4 is 0 Å². The first-order valence-corrected chi connectivity index (χ1v) is 5.01. The second-order valence-electron chi connectivity index (χ2n) is 4.09. The maximum Gasteiger partial charge on any atom is 0.308 e.